The lowest BCUT2D eigenvalue weighted by Gasteiger charge is -2.60. The van der Waals surface area contributed by atoms with E-state index >= 15 is 0 Å². The van der Waals surface area contributed by atoms with Crippen molar-refractivity contribution in [1.82, 2.24) is 20.1 Å². The van der Waals surface area contributed by atoms with Crippen molar-refractivity contribution in [2.45, 2.75) is 117 Å². The van der Waals surface area contributed by atoms with Gasteiger partial charge in [-0.1, -0.05) is 26.8 Å². The molecule has 0 amide bonds. The second kappa shape index (κ2) is 11.7. The summed E-state index contributed by atoms with van der Waals surface area (Å²) < 4.78 is 132. The summed E-state index contributed by atoms with van der Waals surface area (Å²) in [5.41, 5.74) is -9.95. The second-order valence-corrected chi connectivity index (χ2v) is 14.1. The fourth-order valence-electron chi connectivity index (χ4n) is 5.79. The van der Waals surface area contributed by atoms with Crippen LogP contribution in [0.3, 0.4) is 0 Å². The number of aryl methyl sites for hydroxylation is 1. The standard InChI is InChI=1S/C33H41F7N4O3/c1-17-13-20(34)11-12-21(17)25-26(46-30(8,9)29(6,7)44(25)16-24-41-27(45)43-42-24)47-31(10,28(3,4)5)22-14-19(32(35,36)37)15-23(18(22)2)33(38,39)40/h11-15,25-26H,16H2,1-10H3,(H2,41,42,43,45)/t25-,26+,31-/m0/s1/i16D2. The van der Waals surface area contributed by atoms with Crippen LogP contribution in [0.25, 0.3) is 0 Å². The Morgan fingerprint density at radius 2 is 1.57 bits per heavy atom. The number of alkyl halides is 6. The Kier molecular flexibility index (Phi) is 8.40. The maximum Gasteiger partial charge on any atom is 0.416 e. The maximum absolute atomic E-state index is 14.5. The molecule has 0 bridgehead atoms. The van der Waals surface area contributed by atoms with Crippen LogP contribution in [-0.2, 0) is 33.9 Å². The number of nitrogens with one attached hydrogen (secondary N) is 2. The highest BCUT2D eigenvalue weighted by atomic mass is 19.4. The minimum atomic E-state index is -5.15. The molecule has 0 saturated carbocycles. The van der Waals surface area contributed by atoms with Crippen molar-refractivity contribution < 1.29 is 42.9 Å². The van der Waals surface area contributed by atoms with Crippen LogP contribution in [0.15, 0.2) is 35.1 Å². The maximum atomic E-state index is 14.5. The van der Waals surface area contributed by atoms with Gasteiger partial charge in [-0.3, -0.25) is 9.88 Å². The van der Waals surface area contributed by atoms with E-state index in [2.05, 4.69) is 15.2 Å². The smallest absolute Gasteiger partial charge is 0.343 e. The van der Waals surface area contributed by atoms with Gasteiger partial charge in [0.1, 0.15) is 11.6 Å². The third-order valence-electron chi connectivity index (χ3n) is 9.64. The summed E-state index contributed by atoms with van der Waals surface area (Å²) >= 11 is 0. The molecule has 260 valence electrons. The summed E-state index contributed by atoms with van der Waals surface area (Å²) in [7, 11) is 0. The predicted molar refractivity (Wildman–Crippen MR) is 161 cm³/mol. The molecule has 0 unspecified atom stereocenters. The molecule has 0 radical (unpaired) electrons. The first kappa shape index (κ1) is 33.7. The molecule has 3 aromatic rings. The Morgan fingerprint density at radius 3 is 2.06 bits per heavy atom. The lowest BCUT2D eigenvalue weighted by Crippen LogP contribution is -2.68. The van der Waals surface area contributed by atoms with Gasteiger partial charge in [-0.25, -0.2) is 14.3 Å². The van der Waals surface area contributed by atoms with Crippen LogP contribution in [0.2, 0.25) is 0 Å². The quantitative estimate of drug-likeness (QED) is 0.257. The van der Waals surface area contributed by atoms with Crippen molar-refractivity contribution in [1.29, 1.82) is 0 Å². The summed E-state index contributed by atoms with van der Waals surface area (Å²) in [6.45, 7) is 12.7. The molecule has 2 aromatic carbocycles. The van der Waals surface area contributed by atoms with Crippen LogP contribution in [-0.4, -0.2) is 37.5 Å². The van der Waals surface area contributed by atoms with Crippen molar-refractivity contribution in [3.8, 4) is 0 Å². The predicted octanol–water partition coefficient (Wildman–Crippen LogP) is 8.33. The van der Waals surface area contributed by atoms with Crippen molar-refractivity contribution in [3.63, 3.8) is 0 Å². The summed E-state index contributed by atoms with van der Waals surface area (Å²) in [6, 6.07) is 3.07. The second-order valence-electron chi connectivity index (χ2n) is 14.1. The molecule has 0 aliphatic carbocycles. The molecule has 7 nitrogen and oxygen atoms in total. The number of aromatic amines is 2. The first-order valence-corrected chi connectivity index (χ1v) is 14.8. The van der Waals surface area contributed by atoms with Crippen molar-refractivity contribution in [2.24, 2.45) is 5.41 Å². The first-order valence-electron chi connectivity index (χ1n) is 15.8. The molecule has 1 aromatic heterocycles. The molecule has 47 heavy (non-hydrogen) atoms. The van der Waals surface area contributed by atoms with Gasteiger partial charge in [-0.2, -0.15) is 31.4 Å². The van der Waals surface area contributed by atoms with Gasteiger partial charge < -0.3 is 9.47 Å². The molecule has 4 rings (SSSR count). The molecule has 1 saturated heterocycles. The Morgan fingerprint density at radius 1 is 0.979 bits per heavy atom. The Balaban J connectivity index is 2.09. The van der Waals surface area contributed by atoms with Gasteiger partial charge >= 0.3 is 18.0 Å². The van der Waals surface area contributed by atoms with Crippen molar-refractivity contribution >= 4 is 0 Å². The molecular weight excluding hydrogens is 633 g/mol. The highest BCUT2D eigenvalue weighted by Crippen LogP contribution is 2.53. The number of morpholine rings is 1. The number of halogens is 7. The van der Waals surface area contributed by atoms with Gasteiger partial charge in [-0.05, 0) is 100 Å². The minimum Gasteiger partial charge on any atom is -0.343 e. The van der Waals surface area contributed by atoms with Crippen molar-refractivity contribution in [3.05, 3.63) is 85.8 Å². The van der Waals surface area contributed by atoms with Crippen LogP contribution in [0, 0.1) is 25.1 Å². The molecule has 3 atom stereocenters. The highest BCUT2D eigenvalue weighted by Gasteiger charge is 2.57. The van der Waals surface area contributed by atoms with E-state index in [9.17, 15) is 38.3 Å². The molecule has 1 aliphatic rings. The monoisotopic (exact) mass is 676 g/mol. The number of H-pyrrole nitrogens is 2. The fourth-order valence-corrected chi connectivity index (χ4v) is 5.79. The average Bonchev–Trinajstić information content (AvgIpc) is 3.36. The van der Waals surface area contributed by atoms with Gasteiger partial charge in [0.05, 0.1) is 37.6 Å². The summed E-state index contributed by atoms with van der Waals surface area (Å²) in [4.78, 5) is 15.8. The lowest BCUT2D eigenvalue weighted by molar-refractivity contribution is -0.347. The van der Waals surface area contributed by atoms with E-state index in [0.29, 0.717) is 11.6 Å². The number of aromatic nitrogens is 3. The van der Waals surface area contributed by atoms with Crippen LogP contribution >= 0.6 is 0 Å². The van der Waals surface area contributed by atoms with Crippen LogP contribution < -0.4 is 5.69 Å². The van der Waals surface area contributed by atoms with E-state index in [1.165, 1.54) is 24.0 Å². The zero-order valence-electron chi connectivity index (χ0n) is 29.8. The number of rotatable bonds is 6. The summed E-state index contributed by atoms with van der Waals surface area (Å²) in [6.07, 6.45) is -11.9. The molecule has 14 heteroatoms. The first-order chi connectivity index (χ1) is 22.0. The third-order valence-corrected chi connectivity index (χ3v) is 9.64. The van der Waals surface area contributed by atoms with E-state index < -0.39 is 92.9 Å². The van der Waals surface area contributed by atoms with E-state index in [0.717, 1.165) is 13.0 Å². The molecule has 2 heterocycles. The van der Waals surface area contributed by atoms with Crippen LogP contribution in [0.5, 0.6) is 0 Å². The van der Waals surface area contributed by atoms with Crippen LogP contribution in [0.4, 0.5) is 30.7 Å². The van der Waals surface area contributed by atoms with E-state index in [1.54, 1.807) is 55.4 Å². The zero-order valence-corrected chi connectivity index (χ0v) is 27.8. The molecule has 2 N–H and O–H groups in total. The SMILES string of the molecule is [2H]C([2H])(c1n[nH]c(=O)[nH]1)N1[C@@H](c2ccc(F)cc2C)[C@@H](O[C@@](C)(c2cc(C(F)(F)F)cc(C(F)(F)F)c2C)C(C)(C)C)OC(C)(C)C1(C)C. The fraction of sp³-hybridized carbons (Fsp3) is 0.576. The molecule has 1 aliphatic heterocycles. The average molecular weight is 677 g/mol. The van der Waals surface area contributed by atoms with Crippen LogP contribution in [0.1, 0.15) is 103 Å². The Bertz CT molecular complexity index is 1780. The topological polar surface area (TPSA) is 83.2 Å². The van der Waals surface area contributed by atoms with Gasteiger partial charge in [0.15, 0.2) is 6.29 Å². The number of benzene rings is 2. The van der Waals surface area contributed by atoms with E-state index in [4.69, 9.17) is 9.47 Å². The number of hydrogen-bond donors (Lipinski definition) is 2. The van der Waals surface area contributed by atoms with Crippen molar-refractivity contribution in [2.75, 3.05) is 0 Å². The van der Waals surface area contributed by atoms with Gasteiger partial charge in [0.25, 0.3) is 0 Å². The highest BCUT2D eigenvalue weighted by molar-refractivity contribution is 5.45. The molecule has 1 fully saturated rings. The minimum absolute atomic E-state index is 0.0657. The van der Waals surface area contributed by atoms with E-state index in [-0.39, 0.29) is 11.6 Å². The lowest BCUT2D eigenvalue weighted by atomic mass is 9.70. The normalized spacial score (nSPS) is 22.8. The summed E-state index contributed by atoms with van der Waals surface area (Å²) in [5.74, 6) is -1.03. The Hall–Kier alpha value is -3.23. The van der Waals surface area contributed by atoms with Gasteiger partial charge in [-0.15, -0.1) is 0 Å². The van der Waals surface area contributed by atoms with Gasteiger partial charge in [0, 0.05) is 5.54 Å². The largest absolute Gasteiger partial charge is 0.416 e. The number of ether oxygens (including phenoxy) is 2. The Labute approximate surface area is 271 Å². The van der Waals surface area contributed by atoms with Gasteiger partial charge in [0.2, 0.25) is 0 Å². The number of nitrogens with zero attached hydrogens (tertiary/aromatic N) is 2. The van der Waals surface area contributed by atoms with E-state index in [1.807, 2.05) is 0 Å². The summed E-state index contributed by atoms with van der Waals surface area (Å²) in [5, 5.41) is 5.98. The molecular formula is C33H41F7N4O3. The third kappa shape index (κ3) is 6.73. The zero-order chi connectivity index (χ0) is 37.5. The number of hydrogen-bond acceptors (Lipinski definition) is 5. The molecule has 0 spiro atoms.